The Hall–Kier alpha value is -2.20. The smallest absolute Gasteiger partial charge is 0.303 e. The molecule has 136 valence electrons. The molecule has 10 nitrogen and oxygen atoms in total. The van der Waals surface area contributed by atoms with Gasteiger partial charge in [0, 0.05) is 27.7 Å². The molecule has 1 aliphatic rings. The Morgan fingerprint density at radius 1 is 0.792 bits per heavy atom. The third-order valence-electron chi connectivity index (χ3n) is 2.97. The molecule has 24 heavy (non-hydrogen) atoms. The predicted molar refractivity (Wildman–Crippen MR) is 74.2 cm³/mol. The zero-order chi connectivity index (χ0) is 18.4. The highest BCUT2D eigenvalue weighted by Crippen LogP contribution is 2.28. The first-order chi connectivity index (χ1) is 11.1. The monoisotopic (exact) mass is 348 g/mol. The van der Waals surface area contributed by atoms with E-state index in [2.05, 4.69) is 0 Å². The third kappa shape index (κ3) is 5.78. The van der Waals surface area contributed by atoms with Crippen molar-refractivity contribution in [3.8, 4) is 0 Å². The number of aliphatic hydroxyl groups excluding tert-OH is 1. The third-order valence-corrected chi connectivity index (χ3v) is 2.97. The highest BCUT2D eigenvalue weighted by atomic mass is 16.7. The largest absolute Gasteiger partial charge is 0.463 e. The second-order valence-corrected chi connectivity index (χ2v) is 5.09. The summed E-state index contributed by atoms with van der Waals surface area (Å²) in [6, 6.07) is 0. The summed E-state index contributed by atoms with van der Waals surface area (Å²) in [7, 11) is 0. The van der Waals surface area contributed by atoms with Crippen LogP contribution in [0.5, 0.6) is 0 Å². The minimum atomic E-state index is -1.68. The number of carbonyl (C=O) groups is 4. The maximum Gasteiger partial charge on any atom is 0.303 e. The minimum Gasteiger partial charge on any atom is -0.463 e. The van der Waals surface area contributed by atoms with Gasteiger partial charge in [0.1, 0.15) is 12.7 Å². The molecule has 0 saturated carbocycles. The van der Waals surface area contributed by atoms with Crippen LogP contribution in [0.15, 0.2) is 0 Å². The average Bonchev–Trinajstić information content (AvgIpc) is 2.42. The summed E-state index contributed by atoms with van der Waals surface area (Å²) in [4.78, 5) is 44.9. The Bertz CT molecular complexity index is 502. The molecule has 0 bridgehead atoms. The number of esters is 4. The fraction of sp³-hybridized carbons (Fsp3) is 0.714. The van der Waals surface area contributed by atoms with Gasteiger partial charge in [0.25, 0.3) is 0 Å². The summed E-state index contributed by atoms with van der Waals surface area (Å²) < 4.78 is 25.0. The lowest BCUT2D eigenvalue weighted by atomic mass is 9.98. The van der Waals surface area contributed by atoms with Crippen LogP contribution in [0.25, 0.3) is 0 Å². The Balaban J connectivity index is 3.11. The Morgan fingerprint density at radius 3 is 1.71 bits per heavy atom. The van der Waals surface area contributed by atoms with E-state index in [9.17, 15) is 24.3 Å². The van der Waals surface area contributed by atoms with Crippen LogP contribution in [0.4, 0.5) is 0 Å². The summed E-state index contributed by atoms with van der Waals surface area (Å²) in [5, 5.41) is 10.0. The molecule has 0 unspecified atom stereocenters. The molecule has 0 spiro atoms. The topological polar surface area (TPSA) is 135 Å². The van der Waals surface area contributed by atoms with Gasteiger partial charge < -0.3 is 28.8 Å². The van der Waals surface area contributed by atoms with Gasteiger partial charge >= 0.3 is 23.9 Å². The molecule has 0 aromatic rings. The van der Waals surface area contributed by atoms with Gasteiger partial charge in [-0.25, -0.2) is 0 Å². The number of rotatable bonds is 5. The molecule has 1 heterocycles. The van der Waals surface area contributed by atoms with Crippen LogP contribution in [0.1, 0.15) is 27.7 Å². The second-order valence-electron chi connectivity index (χ2n) is 5.09. The van der Waals surface area contributed by atoms with Crippen molar-refractivity contribution >= 4 is 23.9 Å². The van der Waals surface area contributed by atoms with E-state index in [1.807, 2.05) is 0 Å². The van der Waals surface area contributed by atoms with E-state index in [-0.39, 0.29) is 6.61 Å². The Morgan fingerprint density at radius 2 is 1.25 bits per heavy atom. The van der Waals surface area contributed by atoms with Gasteiger partial charge in [-0.3, -0.25) is 19.2 Å². The highest BCUT2D eigenvalue weighted by molar-refractivity contribution is 5.68. The van der Waals surface area contributed by atoms with Crippen LogP contribution in [0, 0.1) is 0 Å². The second kappa shape index (κ2) is 8.60. The lowest BCUT2D eigenvalue weighted by molar-refractivity contribution is -0.296. The van der Waals surface area contributed by atoms with E-state index in [4.69, 9.17) is 23.7 Å². The van der Waals surface area contributed by atoms with Crippen molar-refractivity contribution in [2.24, 2.45) is 0 Å². The average molecular weight is 348 g/mol. The van der Waals surface area contributed by atoms with Gasteiger partial charge in [0.2, 0.25) is 0 Å². The van der Waals surface area contributed by atoms with Gasteiger partial charge in [-0.1, -0.05) is 0 Å². The van der Waals surface area contributed by atoms with Crippen molar-refractivity contribution in [1.29, 1.82) is 0 Å². The predicted octanol–water partition coefficient (Wildman–Crippen LogP) is -0.938. The maximum absolute atomic E-state index is 11.3. The van der Waals surface area contributed by atoms with E-state index in [1.165, 1.54) is 0 Å². The summed E-state index contributed by atoms with van der Waals surface area (Å²) in [5.41, 5.74) is 0. The van der Waals surface area contributed by atoms with Gasteiger partial charge in [0.05, 0.1) is 0 Å². The molecule has 0 amide bonds. The molecule has 1 rings (SSSR count). The first-order valence-electron chi connectivity index (χ1n) is 7.10. The molecular formula is C14H20O10. The van der Waals surface area contributed by atoms with Crippen LogP contribution < -0.4 is 0 Å². The number of ether oxygens (including phenoxy) is 5. The summed E-state index contributed by atoms with van der Waals surface area (Å²) >= 11 is 0. The van der Waals surface area contributed by atoms with Crippen molar-refractivity contribution in [1.82, 2.24) is 0 Å². The molecule has 0 aromatic heterocycles. The number of hydrogen-bond acceptors (Lipinski definition) is 10. The van der Waals surface area contributed by atoms with Crippen molar-refractivity contribution in [3.63, 3.8) is 0 Å². The molecule has 1 fully saturated rings. The first-order valence-corrected chi connectivity index (χ1v) is 7.10. The van der Waals surface area contributed by atoms with Crippen LogP contribution in [0.3, 0.4) is 0 Å². The number of carbonyl (C=O) groups excluding carboxylic acids is 4. The fourth-order valence-corrected chi connectivity index (χ4v) is 2.21. The van der Waals surface area contributed by atoms with Crippen LogP contribution >= 0.6 is 0 Å². The zero-order valence-corrected chi connectivity index (χ0v) is 13.7. The van der Waals surface area contributed by atoms with Crippen molar-refractivity contribution in [2.75, 3.05) is 6.61 Å². The lowest BCUT2D eigenvalue weighted by Gasteiger charge is -2.42. The maximum atomic E-state index is 11.3. The van der Waals surface area contributed by atoms with Crippen LogP contribution in [-0.4, -0.2) is 66.3 Å². The van der Waals surface area contributed by atoms with E-state index in [1.54, 1.807) is 0 Å². The van der Waals surface area contributed by atoms with Gasteiger partial charge in [-0.15, -0.1) is 0 Å². The standard InChI is InChI=1S/C14H20O10/c1-6(15)20-5-10-11(21-7(2)16)12(22-8(3)17)13(14(19)24-10)23-9(4)18/h10-14,19H,5H2,1-4H3/t10-,11-,12+,13-,14-/m0/s1. The van der Waals surface area contributed by atoms with Gasteiger partial charge in [-0.05, 0) is 0 Å². The molecule has 0 aromatic carbocycles. The normalized spacial score (nSPS) is 29.3. The number of aliphatic hydroxyl groups is 1. The molecule has 1 N–H and O–H groups in total. The molecule has 1 saturated heterocycles. The highest BCUT2D eigenvalue weighted by Gasteiger charge is 2.51. The first kappa shape index (κ1) is 19.8. The molecule has 10 heteroatoms. The minimum absolute atomic E-state index is 0.366. The van der Waals surface area contributed by atoms with Crippen molar-refractivity contribution < 1.29 is 48.0 Å². The molecule has 1 aliphatic heterocycles. The van der Waals surface area contributed by atoms with E-state index >= 15 is 0 Å². The van der Waals surface area contributed by atoms with E-state index in [0.717, 1.165) is 27.7 Å². The zero-order valence-electron chi connectivity index (χ0n) is 13.7. The van der Waals surface area contributed by atoms with Crippen molar-refractivity contribution in [3.05, 3.63) is 0 Å². The fourth-order valence-electron chi connectivity index (χ4n) is 2.21. The Labute approximate surface area is 137 Å². The van der Waals surface area contributed by atoms with Crippen LogP contribution in [0.2, 0.25) is 0 Å². The quantitative estimate of drug-likeness (QED) is 0.490. The number of hydrogen-bond donors (Lipinski definition) is 1. The Kier molecular flexibility index (Phi) is 7.11. The molecule has 5 atom stereocenters. The van der Waals surface area contributed by atoms with Crippen LogP contribution in [-0.2, 0) is 42.9 Å². The molecular weight excluding hydrogens is 328 g/mol. The van der Waals surface area contributed by atoms with Crippen molar-refractivity contribution in [2.45, 2.75) is 58.4 Å². The lowest BCUT2D eigenvalue weighted by Crippen LogP contribution is -2.62. The van der Waals surface area contributed by atoms with E-state index in [0.29, 0.717) is 0 Å². The molecule has 0 aliphatic carbocycles. The van der Waals surface area contributed by atoms with Gasteiger partial charge in [-0.2, -0.15) is 0 Å². The summed E-state index contributed by atoms with van der Waals surface area (Å²) in [5.74, 6) is -2.87. The SMILES string of the molecule is CC(=O)OC[C@@H]1O[C@H](O)[C@@H](OC(C)=O)[C@H](OC(C)=O)[C@H]1OC(C)=O. The molecule has 0 radical (unpaired) electrons. The summed E-state index contributed by atoms with van der Waals surface area (Å²) in [6.45, 7) is 4.09. The summed E-state index contributed by atoms with van der Waals surface area (Å²) in [6.07, 6.45) is -6.79. The van der Waals surface area contributed by atoms with Gasteiger partial charge in [0.15, 0.2) is 24.6 Å². The van der Waals surface area contributed by atoms with E-state index < -0.39 is 54.6 Å².